The third kappa shape index (κ3) is 2.39. The molecule has 1 aliphatic heterocycles. The highest BCUT2D eigenvalue weighted by molar-refractivity contribution is 6.09. The predicted octanol–water partition coefficient (Wildman–Crippen LogP) is 2.62. The van der Waals surface area contributed by atoms with Gasteiger partial charge in [-0.1, -0.05) is 0 Å². The van der Waals surface area contributed by atoms with E-state index in [1.165, 1.54) is 0 Å². The Labute approximate surface area is 122 Å². The van der Waals surface area contributed by atoms with E-state index >= 15 is 0 Å². The second-order valence-corrected chi connectivity index (χ2v) is 5.30. The van der Waals surface area contributed by atoms with Crippen molar-refractivity contribution in [2.75, 3.05) is 20.2 Å². The fraction of sp³-hybridized carbons (Fsp3) is 0.375. The average molecular weight is 286 g/mol. The Balaban J connectivity index is 2.05. The molecule has 5 nitrogen and oxygen atoms in total. The molecule has 0 aliphatic carbocycles. The number of hydrogen-bond donors (Lipinski definition) is 1. The first kappa shape index (κ1) is 13.7. The molecule has 21 heavy (non-hydrogen) atoms. The number of fused-ring (bicyclic) bond motifs is 1. The van der Waals surface area contributed by atoms with Gasteiger partial charge in [0.1, 0.15) is 11.4 Å². The van der Waals surface area contributed by atoms with E-state index < -0.39 is 0 Å². The number of carbonyl (C=O) groups excluding carboxylic acids is 2. The minimum atomic E-state index is -0.0908. The molecule has 0 bridgehead atoms. The number of aromatic nitrogens is 1. The van der Waals surface area contributed by atoms with Gasteiger partial charge in [0.15, 0.2) is 6.29 Å². The van der Waals surface area contributed by atoms with Crippen LogP contribution in [0.4, 0.5) is 0 Å². The molecule has 1 aromatic carbocycles. The van der Waals surface area contributed by atoms with E-state index in [-0.39, 0.29) is 5.91 Å². The normalized spacial score (nSPS) is 15.2. The molecule has 2 heterocycles. The van der Waals surface area contributed by atoms with Crippen LogP contribution in [-0.4, -0.2) is 42.3 Å². The largest absolute Gasteiger partial charge is 0.497 e. The predicted molar refractivity (Wildman–Crippen MR) is 80.0 cm³/mol. The Kier molecular flexibility index (Phi) is 3.64. The zero-order valence-electron chi connectivity index (χ0n) is 12.0. The van der Waals surface area contributed by atoms with Gasteiger partial charge in [0, 0.05) is 24.0 Å². The maximum Gasteiger partial charge on any atom is 0.271 e. The third-order valence-corrected chi connectivity index (χ3v) is 4.02. The molecular formula is C16H18N2O3. The number of benzene rings is 1. The summed E-state index contributed by atoms with van der Waals surface area (Å²) >= 11 is 0. The van der Waals surface area contributed by atoms with Crippen LogP contribution in [0.1, 0.15) is 40.1 Å². The van der Waals surface area contributed by atoms with Crippen molar-refractivity contribution in [2.24, 2.45) is 0 Å². The molecule has 1 fully saturated rings. The molecule has 0 atom stereocenters. The van der Waals surface area contributed by atoms with E-state index in [1.54, 1.807) is 13.2 Å². The summed E-state index contributed by atoms with van der Waals surface area (Å²) in [6, 6.07) is 5.42. The molecule has 110 valence electrons. The number of hydrogen-bond acceptors (Lipinski definition) is 3. The number of aldehydes is 1. The maximum absolute atomic E-state index is 12.6. The van der Waals surface area contributed by atoms with Crippen molar-refractivity contribution in [1.82, 2.24) is 9.88 Å². The van der Waals surface area contributed by atoms with E-state index in [0.717, 1.165) is 49.5 Å². The highest BCUT2D eigenvalue weighted by Gasteiger charge is 2.24. The lowest BCUT2D eigenvalue weighted by Gasteiger charge is -2.26. The van der Waals surface area contributed by atoms with Crippen molar-refractivity contribution in [3.05, 3.63) is 29.5 Å². The fourth-order valence-electron chi connectivity index (χ4n) is 2.87. The lowest BCUT2D eigenvalue weighted by Crippen LogP contribution is -2.36. The summed E-state index contributed by atoms with van der Waals surface area (Å²) in [4.78, 5) is 29.0. The molecule has 0 unspecified atom stereocenters. The van der Waals surface area contributed by atoms with Crippen LogP contribution in [0.5, 0.6) is 5.75 Å². The lowest BCUT2D eigenvalue weighted by molar-refractivity contribution is 0.0716. The Morgan fingerprint density at radius 2 is 2.05 bits per heavy atom. The van der Waals surface area contributed by atoms with Crippen LogP contribution in [0, 0.1) is 0 Å². The quantitative estimate of drug-likeness (QED) is 0.882. The zero-order valence-corrected chi connectivity index (χ0v) is 12.0. The number of likely N-dealkylation sites (tertiary alicyclic amines) is 1. The summed E-state index contributed by atoms with van der Waals surface area (Å²) in [7, 11) is 1.58. The molecular weight excluding hydrogens is 268 g/mol. The molecule has 1 amide bonds. The van der Waals surface area contributed by atoms with E-state index in [1.807, 2.05) is 17.0 Å². The Morgan fingerprint density at radius 3 is 2.71 bits per heavy atom. The molecule has 3 rings (SSSR count). The summed E-state index contributed by atoms with van der Waals surface area (Å²) in [5.41, 5.74) is 1.58. The summed E-state index contributed by atoms with van der Waals surface area (Å²) in [6.45, 7) is 1.52. The van der Waals surface area contributed by atoms with Gasteiger partial charge in [0.25, 0.3) is 5.91 Å². The van der Waals surface area contributed by atoms with Gasteiger partial charge in [0.05, 0.1) is 12.7 Å². The Morgan fingerprint density at radius 1 is 1.29 bits per heavy atom. The van der Waals surface area contributed by atoms with Crippen LogP contribution in [0.2, 0.25) is 0 Å². The molecule has 1 saturated heterocycles. The van der Waals surface area contributed by atoms with Crippen LogP contribution >= 0.6 is 0 Å². The van der Waals surface area contributed by atoms with Crippen molar-refractivity contribution < 1.29 is 14.3 Å². The minimum Gasteiger partial charge on any atom is -0.497 e. The number of carbonyl (C=O) groups is 2. The van der Waals surface area contributed by atoms with Gasteiger partial charge in [0.2, 0.25) is 0 Å². The van der Waals surface area contributed by atoms with E-state index in [4.69, 9.17) is 4.74 Å². The van der Waals surface area contributed by atoms with Crippen LogP contribution < -0.4 is 4.74 Å². The van der Waals surface area contributed by atoms with Gasteiger partial charge in [-0.05, 0) is 37.5 Å². The number of H-pyrrole nitrogens is 1. The molecule has 2 aromatic rings. The van der Waals surface area contributed by atoms with Crippen molar-refractivity contribution in [3.63, 3.8) is 0 Å². The van der Waals surface area contributed by atoms with E-state index in [9.17, 15) is 9.59 Å². The minimum absolute atomic E-state index is 0.0908. The van der Waals surface area contributed by atoms with Gasteiger partial charge in [-0.15, -0.1) is 0 Å². The standard InChI is InChI=1S/C16H18N2O3/c1-21-11-5-6-14-12(9-11)13(10-19)15(17-14)16(20)18-7-3-2-4-8-18/h5-6,9-10,17H,2-4,7-8H2,1H3. The second kappa shape index (κ2) is 5.60. The first-order chi connectivity index (χ1) is 10.2. The van der Waals surface area contributed by atoms with Gasteiger partial charge >= 0.3 is 0 Å². The first-order valence-electron chi connectivity index (χ1n) is 7.18. The topological polar surface area (TPSA) is 62.4 Å². The highest BCUT2D eigenvalue weighted by atomic mass is 16.5. The summed E-state index contributed by atoms with van der Waals surface area (Å²) < 4.78 is 5.18. The van der Waals surface area contributed by atoms with Crippen molar-refractivity contribution in [1.29, 1.82) is 0 Å². The molecule has 0 radical (unpaired) electrons. The third-order valence-electron chi connectivity index (χ3n) is 4.02. The van der Waals surface area contributed by atoms with Crippen LogP contribution in [0.3, 0.4) is 0 Å². The molecule has 0 saturated carbocycles. The second-order valence-electron chi connectivity index (χ2n) is 5.30. The summed E-state index contributed by atoms with van der Waals surface area (Å²) in [6.07, 6.45) is 3.95. The maximum atomic E-state index is 12.6. The Bertz CT molecular complexity index is 684. The molecule has 1 N–H and O–H groups in total. The molecule has 1 aliphatic rings. The summed E-state index contributed by atoms with van der Waals surface area (Å²) in [5.74, 6) is 0.577. The average Bonchev–Trinajstić information content (AvgIpc) is 2.92. The van der Waals surface area contributed by atoms with Gasteiger partial charge in [-0.3, -0.25) is 9.59 Å². The number of piperidine rings is 1. The smallest absolute Gasteiger partial charge is 0.271 e. The number of aromatic amines is 1. The Hall–Kier alpha value is -2.30. The first-order valence-corrected chi connectivity index (χ1v) is 7.18. The van der Waals surface area contributed by atoms with Crippen LogP contribution in [0.15, 0.2) is 18.2 Å². The number of methoxy groups -OCH3 is 1. The number of amides is 1. The molecule has 1 aromatic heterocycles. The monoisotopic (exact) mass is 286 g/mol. The lowest BCUT2D eigenvalue weighted by atomic mass is 10.1. The summed E-state index contributed by atoms with van der Waals surface area (Å²) in [5, 5.41) is 0.727. The number of nitrogens with one attached hydrogen (secondary N) is 1. The molecule has 5 heteroatoms. The van der Waals surface area contributed by atoms with Gasteiger partial charge in [-0.25, -0.2) is 0 Å². The van der Waals surface area contributed by atoms with Gasteiger partial charge in [-0.2, -0.15) is 0 Å². The van der Waals surface area contributed by atoms with Crippen molar-refractivity contribution in [3.8, 4) is 5.75 Å². The van der Waals surface area contributed by atoms with E-state index in [0.29, 0.717) is 17.0 Å². The van der Waals surface area contributed by atoms with Crippen LogP contribution in [0.25, 0.3) is 10.9 Å². The molecule has 0 spiro atoms. The SMILES string of the molecule is COc1ccc2[nH]c(C(=O)N3CCCCC3)c(C=O)c2c1. The number of ether oxygens (including phenoxy) is 1. The highest BCUT2D eigenvalue weighted by Crippen LogP contribution is 2.26. The van der Waals surface area contributed by atoms with Gasteiger partial charge < -0.3 is 14.6 Å². The van der Waals surface area contributed by atoms with Crippen LogP contribution in [-0.2, 0) is 0 Å². The van der Waals surface area contributed by atoms with Crippen molar-refractivity contribution >= 4 is 23.1 Å². The fourth-order valence-corrected chi connectivity index (χ4v) is 2.87. The number of nitrogens with zero attached hydrogens (tertiary/aromatic N) is 1. The van der Waals surface area contributed by atoms with E-state index in [2.05, 4.69) is 4.98 Å². The number of rotatable bonds is 3. The van der Waals surface area contributed by atoms with Crippen molar-refractivity contribution in [2.45, 2.75) is 19.3 Å². The zero-order chi connectivity index (χ0) is 14.8.